The minimum absolute atomic E-state index is 0.0659. The lowest BCUT2D eigenvalue weighted by molar-refractivity contribution is -0.139. The van der Waals surface area contributed by atoms with Crippen molar-refractivity contribution in [1.29, 1.82) is 0 Å². The Kier molecular flexibility index (Phi) is 5.86. The predicted octanol–water partition coefficient (Wildman–Crippen LogP) is 2.77. The fourth-order valence-corrected chi connectivity index (χ4v) is 4.91. The van der Waals surface area contributed by atoms with Crippen LogP contribution in [0.3, 0.4) is 0 Å². The number of hydrogen-bond acceptors (Lipinski definition) is 5. The number of likely N-dealkylation sites (N-methyl/N-ethyl adjacent to an activating group) is 1. The van der Waals surface area contributed by atoms with Gasteiger partial charge in [0.2, 0.25) is 0 Å². The van der Waals surface area contributed by atoms with Crippen molar-refractivity contribution in [3.05, 3.63) is 16.6 Å². The number of carbonyl (C=O) groups excluding carboxylic acids is 1. The predicted molar refractivity (Wildman–Crippen MR) is 106 cm³/mol. The topological polar surface area (TPSA) is 78.7 Å². The maximum absolute atomic E-state index is 13.0. The van der Waals surface area contributed by atoms with E-state index >= 15 is 0 Å². The van der Waals surface area contributed by atoms with Crippen LogP contribution >= 0.6 is 11.3 Å². The summed E-state index contributed by atoms with van der Waals surface area (Å²) in [5, 5.41) is 14.7. The summed E-state index contributed by atoms with van der Waals surface area (Å²) in [6.07, 6.45) is 1.63. The van der Waals surface area contributed by atoms with E-state index in [1.54, 1.807) is 0 Å². The Morgan fingerprint density at radius 1 is 1.37 bits per heavy atom. The van der Waals surface area contributed by atoms with Crippen LogP contribution in [0.1, 0.15) is 54.9 Å². The molecule has 8 heteroatoms. The fraction of sp³-hybridized carbons (Fsp3) is 0.632. The molecule has 3 rings (SSSR count). The van der Waals surface area contributed by atoms with Gasteiger partial charge in [0.1, 0.15) is 4.83 Å². The second kappa shape index (κ2) is 7.98. The van der Waals surface area contributed by atoms with Crippen LogP contribution < -0.4 is 0 Å². The second-order valence-corrected chi connectivity index (χ2v) is 8.50. The average Bonchev–Trinajstić information content (AvgIpc) is 3.20. The van der Waals surface area contributed by atoms with Gasteiger partial charge in [0.05, 0.1) is 17.1 Å². The summed E-state index contributed by atoms with van der Waals surface area (Å²) in [5.74, 6) is -0.405. The first-order chi connectivity index (χ1) is 12.8. The first kappa shape index (κ1) is 19.8. The Bertz CT molecular complexity index is 833. The zero-order valence-electron chi connectivity index (χ0n) is 16.4. The highest BCUT2D eigenvalue weighted by atomic mass is 32.1. The minimum atomic E-state index is -0.796. The summed E-state index contributed by atoms with van der Waals surface area (Å²) < 4.78 is 1.86. The molecule has 0 saturated carbocycles. The number of fused-ring (bicyclic) bond motifs is 1. The molecule has 1 amide bonds. The molecule has 1 aliphatic rings. The molecule has 1 fully saturated rings. The molecule has 0 unspecified atom stereocenters. The van der Waals surface area contributed by atoms with Gasteiger partial charge in [-0.05, 0) is 31.4 Å². The van der Waals surface area contributed by atoms with Gasteiger partial charge >= 0.3 is 5.97 Å². The Morgan fingerprint density at radius 2 is 2.04 bits per heavy atom. The number of nitrogens with zero attached hydrogens (tertiary/aromatic N) is 4. The third kappa shape index (κ3) is 4.01. The average molecular weight is 393 g/mol. The van der Waals surface area contributed by atoms with E-state index in [1.807, 2.05) is 34.5 Å². The van der Waals surface area contributed by atoms with E-state index in [0.29, 0.717) is 25.6 Å². The molecule has 3 heterocycles. The third-order valence-electron chi connectivity index (χ3n) is 5.31. The normalized spacial score (nSPS) is 16.0. The van der Waals surface area contributed by atoms with E-state index in [0.717, 1.165) is 33.6 Å². The van der Waals surface area contributed by atoms with Gasteiger partial charge < -0.3 is 10.0 Å². The molecule has 0 spiro atoms. The standard InChI is InChI=1S/C19H28N4O3S/c1-5-22(11-16(24)25)13-6-8-23(9-7-13)18(26)15-10-14-17(12(2)3)20-21(4)19(14)27-15/h10,12-13H,5-9,11H2,1-4H3,(H,24,25). The van der Waals surface area contributed by atoms with Crippen molar-refractivity contribution >= 4 is 33.4 Å². The van der Waals surface area contributed by atoms with E-state index < -0.39 is 5.97 Å². The van der Waals surface area contributed by atoms with Gasteiger partial charge in [0.25, 0.3) is 5.91 Å². The summed E-state index contributed by atoms with van der Waals surface area (Å²) in [7, 11) is 1.92. The van der Waals surface area contributed by atoms with Crippen molar-refractivity contribution in [3.8, 4) is 0 Å². The fourth-order valence-electron chi connectivity index (χ4n) is 3.86. The summed E-state index contributed by atoms with van der Waals surface area (Å²) in [6.45, 7) is 8.33. The van der Waals surface area contributed by atoms with Gasteiger partial charge in [0.15, 0.2) is 0 Å². The summed E-state index contributed by atoms with van der Waals surface area (Å²) in [5.41, 5.74) is 1.04. The van der Waals surface area contributed by atoms with Crippen LogP contribution in [0.2, 0.25) is 0 Å². The lowest BCUT2D eigenvalue weighted by Gasteiger charge is -2.37. The van der Waals surface area contributed by atoms with Gasteiger partial charge in [-0.3, -0.25) is 19.2 Å². The van der Waals surface area contributed by atoms with E-state index in [1.165, 1.54) is 11.3 Å². The molecule has 0 aliphatic carbocycles. The van der Waals surface area contributed by atoms with Gasteiger partial charge in [-0.1, -0.05) is 20.8 Å². The van der Waals surface area contributed by atoms with Crippen LogP contribution in [0.5, 0.6) is 0 Å². The quantitative estimate of drug-likeness (QED) is 0.818. The molecular formula is C19H28N4O3S. The molecule has 27 heavy (non-hydrogen) atoms. The molecule has 0 aromatic carbocycles. The Balaban J connectivity index is 1.70. The molecule has 0 bridgehead atoms. The van der Waals surface area contributed by atoms with E-state index in [-0.39, 0.29) is 18.5 Å². The summed E-state index contributed by atoms with van der Waals surface area (Å²) >= 11 is 1.51. The van der Waals surface area contributed by atoms with E-state index in [9.17, 15) is 9.59 Å². The number of carboxylic acids is 1. The lowest BCUT2D eigenvalue weighted by atomic mass is 10.0. The number of carboxylic acid groups (broad SMARTS) is 1. The van der Waals surface area contributed by atoms with Crippen molar-refractivity contribution in [1.82, 2.24) is 19.6 Å². The SMILES string of the molecule is CCN(CC(=O)O)C1CCN(C(=O)c2cc3c(C(C)C)nn(C)c3s2)CC1. The minimum Gasteiger partial charge on any atom is -0.480 e. The summed E-state index contributed by atoms with van der Waals surface area (Å²) in [6, 6.07) is 2.22. The number of carbonyl (C=O) groups is 2. The third-order valence-corrected chi connectivity index (χ3v) is 6.50. The molecule has 2 aromatic heterocycles. The van der Waals surface area contributed by atoms with Gasteiger partial charge in [0, 0.05) is 31.6 Å². The van der Waals surface area contributed by atoms with Crippen molar-refractivity contribution in [2.24, 2.45) is 7.05 Å². The molecular weight excluding hydrogens is 364 g/mol. The van der Waals surface area contributed by atoms with Crippen LogP contribution in [-0.2, 0) is 11.8 Å². The van der Waals surface area contributed by atoms with E-state index in [2.05, 4.69) is 18.9 Å². The maximum atomic E-state index is 13.0. The Hall–Kier alpha value is -1.93. The molecule has 0 radical (unpaired) electrons. The van der Waals surface area contributed by atoms with Crippen LogP contribution in [0, 0.1) is 0 Å². The summed E-state index contributed by atoms with van der Waals surface area (Å²) in [4.78, 5) is 29.7. The van der Waals surface area contributed by atoms with E-state index in [4.69, 9.17) is 5.11 Å². The van der Waals surface area contributed by atoms with Crippen molar-refractivity contribution in [2.45, 2.75) is 45.6 Å². The molecule has 2 aromatic rings. The zero-order valence-corrected chi connectivity index (χ0v) is 17.3. The molecule has 1 aliphatic heterocycles. The first-order valence-corrected chi connectivity index (χ1v) is 10.3. The number of likely N-dealkylation sites (tertiary alicyclic amines) is 1. The number of hydrogen-bond donors (Lipinski definition) is 1. The number of amides is 1. The van der Waals surface area contributed by atoms with Crippen LogP contribution in [0.15, 0.2) is 6.07 Å². The Morgan fingerprint density at radius 3 is 2.59 bits per heavy atom. The first-order valence-electron chi connectivity index (χ1n) is 9.53. The highest BCUT2D eigenvalue weighted by Gasteiger charge is 2.29. The van der Waals surface area contributed by atoms with Crippen molar-refractivity contribution in [2.75, 3.05) is 26.2 Å². The number of piperidine rings is 1. The molecule has 7 nitrogen and oxygen atoms in total. The van der Waals surface area contributed by atoms with Gasteiger partial charge in [-0.15, -0.1) is 11.3 Å². The smallest absolute Gasteiger partial charge is 0.317 e. The van der Waals surface area contributed by atoms with Gasteiger partial charge in [-0.2, -0.15) is 5.10 Å². The lowest BCUT2D eigenvalue weighted by Crippen LogP contribution is -2.48. The van der Waals surface area contributed by atoms with Crippen LogP contribution in [0.25, 0.3) is 10.2 Å². The van der Waals surface area contributed by atoms with Crippen LogP contribution in [-0.4, -0.2) is 68.8 Å². The monoisotopic (exact) mass is 392 g/mol. The largest absolute Gasteiger partial charge is 0.480 e. The zero-order chi connectivity index (χ0) is 19.7. The highest BCUT2D eigenvalue weighted by molar-refractivity contribution is 7.20. The van der Waals surface area contributed by atoms with Crippen molar-refractivity contribution in [3.63, 3.8) is 0 Å². The number of rotatable bonds is 6. The Labute approximate surface area is 163 Å². The number of thiophene rings is 1. The number of aryl methyl sites for hydroxylation is 1. The van der Waals surface area contributed by atoms with Crippen molar-refractivity contribution < 1.29 is 14.7 Å². The highest BCUT2D eigenvalue weighted by Crippen LogP contribution is 2.32. The second-order valence-electron chi connectivity index (χ2n) is 7.47. The molecule has 1 saturated heterocycles. The molecule has 0 atom stereocenters. The molecule has 1 N–H and O–H groups in total. The number of aliphatic carboxylic acids is 1. The number of aromatic nitrogens is 2. The molecule has 148 valence electrons. The van der Waals surface area contributed by atoms with Gasteiger partial charge in [-0.25, -0.2) is 0 Å². The maximum Gasteiger partial charge on any atom is 0.317 e. The van der Waals surface area contributed by atoms with Crippen LogP contribution in [0.4, 0.5) is 0 Å².